The third-order valence-corrected chi connectivity index (χ3v) is 3.21. The van der Waals surface area contributed by atoms with E-state index in [1.165, 1.54) is 18.2 Å². The van der Waals surface area contributed by atoms with E-state index in [4.69, 9.17) is 10.00 Å². The van der Waals surface area contributed by atoms with Gasteiger partial charge in [0.2, 0.25) is 5.88 Å². The Morgan fingerprint density at radius 3 is 2.85 bits per heavy atom. The molecule has 1 aromatic heterocycles. The van der Waals surface area contributed by atoms with Crippen molar-refractivity contribution in [3.05, 3.63) is 56.2 Å². The quantitative estimate of drug-likeness (QED) is 0.630. The molecule has 0 aliphatic rings. The van der Waals surface area contributed by atoms with E-state index in [1.54, 1.807) is 19.1 Å². The number of nitro groups is 1. The molecule has 100 valence electrons. The van der Waals surface area contributed by atoms with E-state index in [0.717, 1.165) is 0 Å². The fourth-order valence-electron chi connectivity index (χ4n) is 1.59. The van der Waals surface area contributed by atoms with Crippen LogP contribution in [-0.4, -0.2) is 9.91 Å². The largest absolute Gasteiger partial charge is 0.438 e. The van der Waals surface area contributed by atoms with Crippen LogP contribution in [0.4, 0.5) is 5.69 Å². The van der Waals surface area contributed by atoms with Crippen molar-refractivity contribution < 1.29 is 9.66 Å². The molecule has 0 amide bonds. The van der Waals surface area contributed by atoms with Crippen LogP contribution in [0.3, 0.4) is 0 Å². The van der Waals surface area contributed by atoms with Crippen LogP contribution in [0.2, 0.25) is 0 Å². The van der Waals surface area contributed by atoms with E-state index in [0.29, 0.717) is 11.3 Å². The Balaban J connectivity index is 2.41. The van der Waals surface area contributed by atoms with Crippen LogP contribution in [0.5, 0.6) is 11.6 Å². The van der Waals surface area contributed by atoms with Crippen LogP contribution in [0.25, 0.3) is 0 Å². The fraction of sp³-hybridized carbons (Fsp3) is 0.0769. The zero-order valence-corrected chi connectivity index (χ0v) is 11.9. The molecule has 0 bridgehead atoms. The number of ether oxygens (including phenoxy) is 1. The molecule has 0 aliphatic heterocycles. The van der Waals surface area contributed by atoms with E-state index in [9.17, 15) is 10.1 Å². The highest BCUT2D eigenvalue weighted by Crippen LogP contribution is 2.36. The molecule has 0 saturated heterocycles. The number of nitro benzene ring substituents is 1. The predicted octanol–water partition coefficient (Wildman–Crippen LogP) is 3.72. The first-order valence-electron chi connectivity index (χ1n) is 5.51. The van der Waals surface area contributed by atoms with Gasteiger partial charge in [0.05, 0.1) is 16.6 Å². The Morgan fingerprint density at radius 1 is 1.45 bits per heavy atom. The molecule has 2 aromatic rings. The average molecular weight is 334 g/mol. The second-order valence-corrected chi connectivity index (χ2v) is 4.69. The zero-order chi connectivity index (χ0) is 14.7. The summed E-state index contributed by atoms with van der Waals surface area (Å²) in [7, 11) is 0. The van der Waals surface area contributed by atoms with Crippen LogP contribution in [0.1, 0.15) is 11.3 Å². The summed E-state index contributed by atoms with van der Waals surface area (Å²) in [4.78, 5) is 14.5. The van der Waals surface area contributed by atoms with Crippen molar-refractivity contribution >= 4 is 21.6 Å². The lowest BCUT2D eigenvalue weighted by Gasteiger charge is -2.07. The maximum absolute atomic E-state index is 10.8. The Hall–Kier alpha value is -2.46. The molecule has 6 nitrogen and oxygen atoms in total. The summed E-state index contributed by atoms with van der Waals surface area (Å²) < 4.78 is 5.74. The minimum atomic E-state index is -0.513. The Kier molecular flexibility index (Phi) is 3.96. The second-order valence-electron chi connectivity index (χ2n) is 3.90. The Bertz CT molecular complexity index is 725. The normalized spacial score (nSPS) is 9.85. The lowest BCUT2D eigenvalue weighted by molar-refractivity contribution is -0.385. The second kappa shape index (κ2) is 5.67. The molecular formula is C13H8BrN3O3. The van der Waals surface area contributed by atoms with Crippen LogP contribution >= 0.6 is 15.9 Å². The molecule has 0 fully saturated rings. The van der Waals surface area contributed by atoms with Crippen LogP contribution < -0.4 is 4.74 Å². The number of aromatic nitrogens is 1. The van der Waals surface area contributed by atoms with Crippen LogP contribution in [-0.2, 0) is 0 Å². The standard InChI is InChI=1S/C13H8BrN3O3/c1-8-5-9(7-15)6-12(16-8)20-11-4-2-3-10(13(11)14)17(18)19/h2-6H,1H3. The van der Waals surface area contributed by atoms with Gasteiger partial charge in [-0.25, -0.2) is 4.98 Å². The molecule has 0 spiro atoms. The molecule has 2 rings (SSSR count). The molecule has 0 atom stereocenters. The zero-order valence-electron chi connectivity index (χ0n) is 10.3. The third kappa shape index (κ3) is 2.92. The van der Waals surface area contributed by atoms with Gasteiger partial charge in [-0.2, -0.15) is 5.26 Å². The number of halogens is 1. The molecule has 0 radical (unpaired) electrons. The van der Waals surface area contributed by atoms with E-state index in [-0.39, 0.29) is 21.8 Å². The average Bonchev–Trinajstić information content (AvgIpc) is 2.40. The Labute approximate surface area is 122 Å². The first-order chi connectivity index (χ1) is 9.51. The number of benzene rings is 1. The van der Waals surface area contributed by atoms with E-state index >= 15 is 0 Å². The molecule has 0 unspecified atom stereocenters. The summed E-state index contributed by atoms with van der Waals surface area (Å²) in [6.45, 7) is 1.73. The lowest BCUT2D eigenvalue weighted by Crippen LogP contribution is -1.95. The van der Waals surface area contributed by atoms with Gasteiger partial charge in [-0.05, 0) is 35.0 Å². The number of aryl methyl sites for hydroxylation is 1. The topological polar surface area (TPSA) is 89.0 Å². The highest BCUT2D eigenvalue weighted by Gasteiger charge is 2.16. The Morgan fingerprint density at radius 2 is 2.20 bits per heavy atom. The molecule has 1 aromatic carbocycles. The first kappa shape index (κ1) is 14.0. The van der Waals surface area contributed by atoms with Gasteiger partial charge in [0, 0.05) is 17.8 Å². The number of pyridine rings is 1. The highest BCUT2D eigenvalue weighted by molar-refractivity contribution is 9.10. The van der Waals surface area contributed by atoms with Crippen LogP contribution in [0, 0.1) is 28.4 Å². The SMILES string of the molecule is Cc1cc(C#N)cc(Oc2cccc([N+](=O)[O-])c2Br)n1. The summed E-state index contributed by atoms with van der Waals surface area (Å²) in [6.07, 6.45) is 0. The monoisotopic (exact) mass is 333 g/mol. The number of nitrogens with zero attached hydrogens (tertiary/aromatic N) is 3. The van der Waals surface area contributed by atoms with Gasteiger partial charge in [-0.3, -0.25) is 10.1 Å². The molecule has 7 heteroatoms. The smallest absolute Gasteiger partial charge is 0.287 e. The molecule has 0 N–H and O–H groups in total. The van der Waals surface area contributed by atoms with Gasteiger partial charge in [0.1, 0.15) is 4.47 Å². The number of hydrogen-bond acceptors (Lipinski definition) is 5. The van der Waals surface area contributed by atoms with E-state index in [1.807, 2.05) is 6.07 Å². The predicted molar refractivity (Wildman–Crippen MR) is 74.6 cm³/mol. The number of hydrogen-bond donors (Lipinski definition) is 0. The molecular weight excluding hydrogens is 326 g/mol. The van der Waals surface area contributed by atoms with Crippen molar-refractivity contribution in [1.82, 2.24) is 4.98 Å². The van der Waals surface area contributed by atoms with Crippen molar-refractivity contribution in [3.63, 3.8) is 0 Å². The highest BCUT2D eigenvalue weighted by atomic mass is 79.9. The minimum absolute atomic E-state index is 0.101. The van der Waals surface area contributed by atoms with E-state index < -0.39 is 4.92 Å². The first-order valence-corrected chi connectivity index (χ1v) is 6.30. The summed E-state index contributed by atoms with van der Waals surface area (Å²) in [6, 6.07) is 9.54. The summed E-state index contributed by atoms with van der Waals surface area (Å²) in [5, 5.41) is 19.7. The van der Waals surface area contributed by atoms with Crippen molar-refractivity contribution in [1.29, 1.82) is 5.26 Å². The summed E-state index contributed by atoms with van der Waals surface area (Å²) in [5.41, 5.74) is 0.935. The maximum Gasteiger partial charge on any atom is 0.287 e. The van der Waals surface area contributed by atoms with Crippen molar-refractivity contribution in [3.8, 4) is 17.7 Å². The maximum atomic E-state index is 10.8. The van der Waals surface area contributed by atoms with Gasteiger partial charge < -0.3 is 4.74 Å². The van der Waals surface area contributed by atoms with Gasteiger partial charge in [-0.1, -0.05) is 6.07 Å². The number of nitriles is 1. The van der Waals surface area contributed by atoms with Gasteiger partial charge in [0.25, 0.3) is 5.69 Å². The van der Waals surface area contributed by atoms with E-state index in [2.05, 4.69) is 20.9 Å². The van der Waals surface area contributed by atoms with Crippen LogP contribution in [0.15, 0.2) is 34.8 Å². The fourth-order valence-corrected chi connectivity index (χ4v) is 2.08. The molecule has 0 aliphatic carbocycles. The summed E-state index contributed by atoms with van der Waals surface area (Å²) in [5.74, 6) is 0.476. The minimum Gasteiger partial charge on any atom is -0.438 e. The van der Waals surface area contributed by atoms with Crippen molar-refractivity contribution in [2.24, 2.45) is 0 Å². The van der Waals surface area contributed by atoms with Gasteiger partial charge in [-0.15, -0.1) is 0 Å². The summed E-state index contributed by atoms with van der Waals surface area (Å²) >= 11 is 3.13. The third-order valence-electron chi connectivity index (χ3n) is 2.41. The van der Waals surface area contributed by atoms with Crippen molar-refractivity contribution in [2.75, 3.05) is 0 Å². The molecule has 1 heterocycles. The lowest BCUT2D eigenvalue weighted by atomic mass is 10.2. The van der Waals surface area contributed by atoms with Gasteiger partial charge >= 0.3 is 0 Å². The van der Waals surface area contributed by atoms with Crippen molar-refractivity contribution in [2.45, 2.75) is 6.92 Å². The molecule has 20 heavy (non-hydrogen) atoms. The molecule has 0 saturated carbocycles. The van der Waals surface area contributed by atoms with Gasteiger partial charge in [0.15, 0.2) is 5.75 Å². The number of rotatable bonds is 3.